The highest BCUT2D eigenvalue weighted by Gasteiger charge is 2.29. The van der Waals surface area contributed by atoms with Gasteiger partial charge in [-0.2, -0.15) is 0 Å². The molecule has 1 aliphatic rings. The molecule has 1 atom stereocenters. The van der Waals surface area contributed by atoms with Crippen LogP contribution in [0.2, 0.25) is 0 Å². The SMILES string of the molecule is O=C(CNC(=O)OCC1c2ccccc2-c2ccccc21)NCC(=O)N[C@H](Cc1ccccc1)C(=O)O. The molecule has 37 heavy (non-hydrogen) atoms. The van der Waals surface area contributed by atoms with Gasteiger partial charge in [0.1, 0.15) is 19.2 Å². The second-order valence-electron chi connectivity index (χ2n) is 8.60. The number of amides is 3. The maximum absolute atomic E-state index is 12.2. The quantitative estimate of drug-likeness (QED) is 0.337. The zero-order valence-electron chi connectivity index (χ0n) is 20.0. The summed E-state index contributed by atoms with van der Waals surface area (Å²) in [6, 6.07) is 23.7. The third-order valence-corrected chi connectivity index (χ3v) is 6.10. The Kier molecular flexibility index (Phi) is 8.15. The number of benzene rings is 3. The Morgan fingerprint density at radius 3 is 1.95 bits per heavy atom. The number of hydrogen-bond acceptors (Lipinski definition) is 5. The normalized spacial score (nSPS) is 12.5. The molecule has 0 aliphatic heterocycles. The van der Waals surface area contributed by atoms with Crippen LogP contribution in [0, 0.1) is 0 Å². The number of carboxylic acid groups (broad SMARTS) is 1. The first-order valence-electron chi connectivity index (χ1n) is 11.8. The van der Waals surface area contributed by atoms with E-state index in [2.05, 4.69) is 16.0 Å². The van der Waals surface area contributed by atoms with Crippen molar-refractivity contribution >= 4 is 23.9 Å². The topological polar surface area (TPSA) is 134 Å². The largest absolute Gasteiger partial charge is 0.480 e. The van der Waals surface area contributed by atoms with Gasteiger partial charge >= 0.3 is 12.1 Å². The van der Waals surface area contributed by atoms with Crippen LogP contribution in [0.3, 0.4) is 0 Å². The lowest BCUT2D eigenvalue weighted by atomic mass is 9.98. The number of fused-ring (bicyclic) bond motifs is 3. The van der Waals surface area contributed by atoms with Gasteiger partial charge in [-0.15, -0.1) is 0 Å². The zero-order chi connectivity index (χ0) is 26.2. The van der Waals surface area contributed by atoms with Crippen molar-refractivity contribution in [3.8, 4) is 11.1 Å². The molecule has 4 N–H and O–H groups in total. The lowest BCUT2D eigenvalue weighted by Crippen LogP contribution is -2.47. The minimum Gasteiger partial charge on any atom is -0.480 e. The van der Waals surface area contributed by atoms with Crippen molar-refractivity contribution in [1.29, 1.82) is 0 Å². The summed E-state index contributed by atoms with van der Waals surface area (Å²) in [5, 5.41) is 16.5. The Bertz CT molecular complexity index is 1250. The lowest BCUT2D eigenvalue weighted by Gasteiger charge is -2.15. The number of aliphatic carboxylic acids is 1. The number of rotatable bonds is 10. The predicted octanol–water partition coefficient (Wildman–Crippen LogP) is 2.45. The first-order chi connectivity index (χ1) is 17.9. The maximum atomic E-state index is 12.2. The van der Waals surface area contributed by atoms with E-state index in [1.54, 1.807) is 24.3 Å². The second-order valence-corrected chi connectivity index (χ2v) is 8.60. The van der Waals surface area contributed by atoms with Crippen molar-refractivity contribution in [1.82, 2.24) is 16.0 Å². The molecule has 9 nitrogen and oxygen atoms in total. The molecule has 3 aromatic carbocycles. The molecule has 190 valence electrons. The summed E-state index contributed by atoms with van der Waals surface area (Å²) < 4.78 is 5.38. The monoisotopic (exact) mass is 501 g/mol. The van der Waals surface area contributed by atoms with E-state index in [0.717, 1.165) is 27.8 Å². The number of alkyl carbamates (subject to hydrolysis) is 1. The summed E-state index contributed by atoms with van der Waals surface area (Å²) >= 11 is 0. The molecule has 0 saturated carbocycles. The van der Waals surface area contributed by atoms with Crippen LogP contribution in [0.1, 0.15) is 22.6 Å². The summed E-state index contributed by atoms with van der Waals surface area (Å²) in [7, 11) is 0. The summed E-state index contributed by atoms with van der Waals surface area (Å²) in [6.45, 7) is -0.706. The Morgan fingerprint density at radius 1 is 0.757 bits per heavy atom. The van der Waals surface area contributed by atoms with Crippen LogP contribution in [-0.2, 0) is 25.5 Å². The molecule has 0 unspecified atom stereocenters. The van der Waals surface area contributed by atoms with Gasteiger partial charge in [-0.1, -0.05) is 78.9 Å². The van der Waals surface area contributed by atoms with Crippen molar-refractivity contribution in [2.45, 2.75) is 18.4 Å². The highest BCUT2D eigenvalue weighted by atomic mass is 16.5. The van der Waals surface area contributed by atoms with Crippen LogP contribution < -0.4 is 16.0 Å². The van der Waals surface area contributed by atoms with Crippen LogP contribution >= 0.6 is 0 Å². The summed E-state index contributed by atoms with van der Waals surface area (Å²) in [5.41, 5.74) is 5.13. The van der Waals surface area contributed by atoms with Crippen LogP contribution in [0.4, 0.5) is 4.79 Å². The summed E-state index contributed by atoms with van der Waals surface area (Å²) in [5.74, 6) is -2.55. The van der Waals surface area contributed by atoms with Gasteiger partial charge in [-0.3, -0.25) is 9.59 Å². The first kappa shape index (κ1) is 25.4. The Labute approximate surface area is 213 Å². The van der Waals surface area contributed by atoms with Crippen LogP contribution in [0.25, 0.3) is 11.1 Å². The molecule has 9 heteroatoms. The van der Waals surface area contributed by atoms with Gasteiger partial charge in [-0.05, 0) is 27.8 Å². The van der Waals surface area contributed by atoms with E-state index < -0.39 is 43.0 Å². The Morgan fingerprint density at radius 2 is 1.32 bits per heavy atom. The lowest BCUT2D eigenvalue weighted by molar-refractivity contribution is -0.141. The highest BCUT2D eigenvalue weighted by Crippen LogP contribution is 2.44. The van der Waals surface area contributed by atoms with Crippen LogP contribution in [0.5, 0.6) is 0 Å². The van der Waals surface area contributed by atoms with E-state index in [4.69, 9.17) is 4.74 Å². The minimum atomic E-state index is -1.18. The summed E-state index contributed by atoms with van der Waals surface area (Å²) in [6.07, 6.45) is -0.644. The van der Waals surface area contributed by atoms with E-state index in [1.165, 1.54) is 0 Å². The molecule has 3 aromatic rings. The molecule has 0 aromatic heterocycles. The van der Waals surface area contributed by atoms with Crippen LogP contribution in [-0.4, -0.2) is 54.7 Å². The van der Waals surface area contributed by atoms with Crippen LogP contribution in [0.15, 0.2) is 78.9 Å². The van der Waals surface area contributed by atoms with Crippen molar-refractivity contribution in [2.75, 3.05) is 19.7 Å². The molecule has 1 aliphatic carbocycles. The molecule has 0 fully saturated rings. The average molecular weight is 502 g/mol. The van der Waals surface area contributed by atoms with E-state index in [1.807, 2.05) is 54.6 Å². The van der Waals surface area contributed by atoms with Gasteiger partial charge in [-0.25, -0.2) is 9.59 Å². The predicted molar refractivity (Wildman–Crippen MR) is 136 cm³/mol. The van der Waals surface area contributed by atoms with Crippen molar-refractivity contribution in [2.24, 2.45) is 0 Å². The van der Waals surface area contributed by atoms with E-state index in [-0.39, 0.29) is 18.9 Å². The number of nitrogens with one attached hydrogen (secondary N) is 3. The van der Waals surface area contributed by atoms with E-state index >= 15 is 0 Å². The molecule has 0 saturated heterocycles. The minimum absolute atomic E-state index is 0.103. The van der Waals surface area contributed by atoms with Gasteiger partial charge in [0.25, 0.3) is 0 Å². The molecular weight excluding hydrogens is 474 g/mol. The van der Waals surface area contributed by atoms with E-state index in [0.29, 0.717) is 0 Å². The van der Waals surface area contributed by atoms with Gasteiger partial charge in [0.05, 0.1) is 6.54 Å². The molecule has 0 radical (unpaired) electrons. The molecule has 3 amide bonds. The molecule has 4 rings (SSSR count). The highest BCUT2D eigenvalue weighted by molar-refractivity contribution is 5.89. The second kappa shape index (κ2) is 11.9. The third-order valence-electron chi connectivity index (χ3n) is 6.10. The van der Waals surface area contributed by atoms with Crippen molar-refractivity contribution < 1.29 is 29.0 Å². The molecule has 0 spiro atoms. The summed E-state index contributed by atoms with van der Waals surface area (Å²) in [4.78, 5) is 47.9. The molecular formula is C28H27N3O6. The number of carbonyl (C=O) groups excluding carboxylic acids is 3. The van der Waals surface area contributed by atoms with Crippen molar-refractivity contribution in [3.63, 3.8) is 0 Å². The Balaban J connectivity index is 1.20. The number of carboxylic acids is 1. The van der Waals surface area contributed by atoms with Gasteiger partial charge < -0.3 is 25.8 Å². The smallest absolute Gasteiger partial charge is 0.407 e. The fraction of sp³-hybridized carbons (Fsp3) is 0.214. The fourth-order valence-electron chi connectivity index (χ4n) is 4.34. The van der Waals surface area contributed by atoms with Gasteiger partial charge in [0, 0.05) is 12.3 Å². The maximum Gasteiger partial charge on any atom is 0.407 e. The number of carbonyl (C=O) groups is 4. The third kappa shape index (κ3) is 6.52. The Hall–Kier alpha value is -4.66. The van der Waals surface area contributed by atoms with Gasteiger partial charge in [0.2, 0.25) is 11.8 Å². The molecule has 0 heterocycles. The first-order valence-corrected chi connectivity index (χ1v) is 11.8. The zero-order valence-corrected chi connectivity index (χ0v) is 20.0. The molecule has 0 bridgehead atoms. The fourth-order valence-corrected chi connectivity index (χ4v) is 4.34. The standard InChI is InChI=1S/C28H27N3O6/c32-25(29-16-26(33)31-24(27(34)35)14-18-8-2-1-3-9-18)15-30-28(36)37-17-23-21-12-6-4-10-19(21)20-11-5-7-13-22(20)23/h1-13,23-24H,14-17H2,(H,29,32)(H,30,36)(H,31,33)(H,34,35)/t24-/m1/s1. The van der Waals surface area contributed by atoms with E-state index in [9.17, 15) is 24.3 Å². The average Bonchev–Trinajstić information content (AvgIpc) is 3.23. The van der Waals surface area contributed by atoms with Crippen molar-refractivity contribution in [3.05, 3.63) is 95.6 Å². The van der Waals surface area contributed by atoms with Gasteiger partial charge in [0.15, 0.2) is 0 Å². The number of hydrogen-bond donors (Lipinski definition) is 4. The number of ether oxygens (including phenoxy) is 1.